The predicted octanol–water partition coefficient (Wildman–Crippen LogP) is 10.0. The Kier molecular flexibility index (Phi) is 15.7. The van der Waals surface area contributed by atoms with Gasteiger partial charge in [-0.1, -0.05) is 108 Å². The molecular formula is C34H45F3O3S2. The van der Waals surface area contributed by atoms with Crippen LogP contribution in [0, 0.1) is 0 Å². The van der Waals surface area contributed by atoms with Crippen LogP contribution in [0.4, 0.5) is 13.2 Å². The van der Waals surface area contributed by atoms with Crippen LogP contribution in [0.5, 0.6) is 0 Å². The molecule has 0 N–H and O–H groups in total. The van der Waals surface area contributed by atoms with Gasteiger partial charge in [0.1, 0.15) is 0 Å². The SMILES string of the molecule is CCCCCc1cc(CCCCC)c([S+](c2ccccc2)c2ccccc2)c(CCCCC)c1.O=S(=O)([O-])C(F)(F)F. The molecule has 0 aliphatic rings. The quantitative estimate of drug-likeness (QED) is 0.0734. The second kappa shape index (κ2) is 18.4. The van der Waals surface area contributed by atoms with E-state index in [4.69, 9.17) is 13.0 Å². The molecule has 0 bridgehead atoms. The van der Waals surface area contributed by atoms with Crippen molar-refractivity contribution in [1.29, 1.82) is 0 Å². The zero-order valence-corrected chi connectivity index (χ0v) is 26.7. The van der Waals surface area contributed by atoms with Gasteiger partial charge in [0.05, 0.1) is 10.9 Å². The maximum atomic E-state index is 10.7. The minimum Gasteiger partial charge on any atom is -0.741 e. The second-order valence-corrected chi connectivity index (χ2v) is 13.8. The summed E-state index contributed by atoms with van der Waals surface area (Å²) >= 11 is 0. The van der Waals surface area contributed by atoms with E-state index < -0.39 is 15.6 Å². The summed E-state index contributed by atoms with van der Waals surface area (Å²) in [7, 11) is -6.15. The monoisotopic (exact) mass is 622 g/mol. The summed E-state index contributed by atoms with van der Waals surface area (Å²) in [6, 6.07) is 27.7. The molecule has 0 amide bonds. The summed E-state index contributed by atoms with van der Waals surface area (Å²) in [4.78, 5) is 4.52. The maximum Gasteiger partial charge on any atom is 0.485 e. The standard InChI is InChI=1S/C33H45S.CHF3O3S/c1-4-7-12-19-28-26-29(20-13-8-5-2)33(30(27-28)21-14-9-6-3)34(31-22-15-10-16-23-31)32-24-17-11-18-25-32;2-1(3,4)8(5,6)7/h10-11,15-18,22-27H,4-9,12-14,19-21H2,1-3H3;(H,5,6,7)/q+1;/p-1. The summed E-state index contributed by atoms with van der Waals surface area (Å²) in [5.74, 6) is 0. The van der Waals surface area contributed by atoms with Gasteiger partial charge in [-0.3, -0.25) is 0 Å². The van der Waals surface area contributed by atoms with Crippen LogP contribution in [0.15, 0.2) is 87.5 Å². The Morgan fingerprint density at radius 1 is 0.643 bits per heavy atom. The molecule has 8 heteroatoms. The molecule has 0 fully saturated rings. The topological polar surface area (TPSA) is 57.2 Å². The lowest BCUT2D eigenvalue weighted by Crippen LogP contribution is -2.21. The molecule has 0 spiro atoms. The van der Waals surface area contributed by atoms with Gasteiger partial charge in [0, 0.05) is 11.1 Å². The third-order valence-electron chi connectivity index (χ3n) is 6.92. The number of hydrogen-bond donors (Lipinski definition) is 0. The van der Waals surface area contributed by atoms with Gasteiger partial charge in [0.25, 0.3) is 0 Å². The molecule has 3 aromatic carbocycles. The number of aryl methyl sites for hydroxylation is 3. The van der Waals surface area contributed by atoms with Gasteiger partial charge < -0.3 is 4.55 Å². The van der Waals surface area contributed by atoms with Gasteiger partial charge in [-0.15, -0.1) is 0 Å². The van der Waals surface area contributed by atoms with E-state index in [9.17, 15) is 13.2 Å². The Labute approximate surface area is 254 Å². The minimum atomic E-state index is -6.09. The van der Waals surface area contributed by atoms with Crippen LogP contribution in [0.25, 0.3) is 0 Å². The van der Waals surface area contributed by atoms with Crippen LogP contribution >= 0.6 is 0 Å². The molecular weight excluding hydrogens is 577 g/mol. The van der Waals surface area contributed by atoms with Crippen molar-refractivity contribution in [2.75, 3.05) is 0 Å². The van der Waals surface area contributed by atoms with Crippen LogP contribution in [-0.4, -0.2) is 18.5 Å². The molecule has 3 nitrogen and oxygen atoms in total. The molecule has 0 radical (unpaired) electrons. The largest absolute Gasteiger partial charge is 0.741 e. The smallest absolute Gasteiger partial charge is 0.485 e. The summed E-state index contributed by atoms with van der Waals surface area (Å²) in [5, 5.41) is 0. The zero-order chi connectivity index (χ0) is 31.0. The molecule has 0 unspecified atom stereocenters. The fourth-order valence-corrected chi connectivity index (χ4v) is 7.25. The molecule has 0 saturated heterocycles. The average molecular weight is 623 g/mol. The fourth-order valence-electron chi connectivity index (χ4n) is 4.80. The molecule has 232 valence electrons. The highest BCUT2D eigenvalue weighted by Crippen LogP contribution is 2.38. The van der Waals surface area contributed by atoms with Gasteiger partial charge in [-0.25, -0.2) is 8.42 Å². The van der Waals surface area contributed by atoms with Crippen molar-refractivity contribution in [2.24, 2.45) is 0 Å². The minimum absolute atomic E-state index is 0.0642. The van der Waals surface area contributed by atoms with Crippen LogP contribution in [-0.2, 0) is 40.3 Å². The number of hydrogen-bond acceptors (Lipinski definition) is 3. The molecule has 0 heterocycles. The second-order valence-electron chi connectivity index (χ2n) is 10.4. The summed E-state index contributed by atoms with van der Waals surface area (Å²) in [6.45, 7) is 6.94. The van der Waals surface area contributed by atoms with Crippen molar-refractivity contribution in [3.05, 3.63) is 89.5 Å². The Balaban J connectivity index is 0.000000675. The molecule has 0 aliphatic heterocycles. The Morgan fingerprint density at radius 3 is 1.33 bits per heavy atom. The fraction of sp³-hybridized carbons (Fsp3) is 0.471. The van der Waals surface area contributed by atoms with Crippen molar-refractivity contribution in [2.45, 2.75) is 118 Å². The van der Waals surface area contributed by atoms with Gasteiger partial charge in [-0.2, -0.15) is 13.2 Å². The lowest BCUT2D eigenvalue weighted by molar-refractivity contribution is -0.0517. The first kappa shape index (κ1) is 35.9. The van der Waals surface area contributed by atoms with Gasteiger partial charge in [0.15, 0.2) is 24.8 Å². The first-order valence-corrected chi connectivity index (χ1v) is 17.7. The average Bonchev–Trinajstić information content (AvgIpc) is 2.95. The lowest BCUT2D eigenvalue weighted by Gasteiger charge is -2.18. The van der Waals surface area contributed by atoms with E-state index in [1.54, 1.807) is 21.6 Å². The number of alkyl halides is 3. The van der Waals surface area contributed by atoms with E-state index in [-0.39, 0.29) is 10.9 Å². The van der Waals surface area contributed by atoms with E-state index >= 15 is 0 Å². The van der Waals surface area contributed by atoms with Crippen molar-refractivity contribution in [3.8, 4) is 0 Å². The highest BCUT2D eigenvalue weighted by molar-refractivity contribution is 7.97. The van der Waals surface area contributed by atoms with Crippen molar-refractivity contribution in [3.63, 3.8) is 0 Å². The van der Waals surface area contributed by atoms with Crippen LogP contribution in [0.3, 0.4) is 0 Å². The molecule has 0 atom stereocenters. The Bertz CT molecular complexity index is 1210. The summed E-state index contributed by atoms with van der Waals surface area (Å²) < 4.78 is 58.9. The van der Waals surface area contributed by atoms with Crippen LogP contribution in [0.1, 0.15) is 95.2 Å². The molecule has 0 aromatic heterocycles. The summed E-state index contributed by atoms with van der Waals surface area (Å²) in [5.41, 5.74) is -0.845. The third-order valence-corrected chi connectivity index (χ3v) is 9.90. The van der Waals surface area contributed by atoms with Gasteiger partial charge >= 0.3 is 5.51 Å². The number of halogens is 3. The Hall–Kier alpha value is -2.29. The molecule has 42 heavy (non-hydrogen) atoms. The maximum absolute atomic E-state index is 10.7. The Morgan fingerprint density at radius 2 is 1.00 bits per heavy atom. The highest BCUT2D eigenvalue weighted by Gasteiger charge is 2.37. The number of benzene rings is 3. The normalized spacial score (nSPS) is 11.8. The van der Waals surface area contributed by atoms with Crippen LogP contribution in [0.2, 0.25) is 0 Å². The lowest BCUT2D eigenvalue weighted by atomic mass is 9.95. The van der Waals surface area contributed by atoms with Crippen molar-refractivity contribution in [1.82, 2.24) is 0 Å². The highest BCUT2D eigenvalue weighted by atomic mass is 32.2. The molecule has 3 rings (SSSR count). The molecule has 0 saturated carbocycles. The zero-order valence-electron chi connectivity index (χ0n) is 25.1. The predicted molar refractivity (Wildman–Crippen MR) is 167 cm³/mol. The third kappa shape index (κ3) is 11.8. The number of unbranched alkanes of at least 4 members (excludes halogenated alkanes) is 6. The first-order chi connectivity index (χ1) is 20.0. The first-order valence-electron chi connectivity index (χ1n) is 15.0. The van der Waals surface area contributed by atoms with Gasteiger partial charge in [0.2, 0.25) is 0 Å². The van der Waals surface area contributed by atoms with Crippen LogP contribution < -0.4 is 0 Å². The van der Waals surface area contributed by atoms with E-state index in [0.717, 1.165) is 0 Å². The molecule has 0 aliphatic carbocycles. The van der Waals surface area contributed by atoms with Gasteiger partial charge in [-0.05, 0) is 68.4 Å². The molecule has 3 aromatic rings. The number of rotatable bonds is 15. The van der Waals surface area contributed by atoms with E-state index in [0.29, 0.717) is 0 Å². The van der Waals surface area contributed by atoms with Crippen molar-refractivity contribution >= 4 is 21.0 Å². The van der Waals surface area contributed by atoms with Crippen molar-refractivity contribution < 1.29 is 26.1 Å². The van der Waals surface area contributed by atoms with E-state index in [1.807, 2.05) is 0 Å². The van der Waals surface area contributed by atoms with E-state index in [1.165, 1.54) is 86.8 Å². The van der Waals surface area contributed by atoms with E-state index in [2.05, 4.69) is 93.6 Å². The summed E-state index contributed by atoms with van der Waals surface area (Å²) in [6.07, 6.45) is 15.3.